The van der Waals surface area contributed by atoms with Crippen LogP contribution in [0.5, 0.6) is 0 Å². The highest BCUT2D eigenvalue weighted by Gasteiger charge is 2.21. The zero-order valence-corrected chi connectivity index (χ0v) is 15.9. The number of hydrogen-bond donors (Lipinski definition) is 1. The van der Waals surface area contributed by atoms with Gasteiger partial charge in [0.1, 0.15) is 0 Å². The second-order valence-corrected chi connectivity index (χ2v) is 7.54. The molecule has 6 nitrogen and oxygen atoms in total. The van der Waals surface area contributed by atoms with Crippen molar-refractivity contribution in [3.63, 3.8) is 0 Å². The lowest BCUT2D eigenvalue weighted by Gasteiger charge is -2.26. The Morgan fingerprint density at radius 3 is 2.89 bits per heavy atom. The minimum absolute atomic E-state index is 0.0233. The van der Waals surface area contributed by atoms with E-state index in [-0.39, 0.29) is 11.9 Å². The van der Waals surface area contributed by atoms with E-state index in [1.165, 1.54) is 22.9 Å². The van der Waals surface area contributed by atoms with E-state index in [4.69, 9.17) is 0 Å². The molecule has 27 heavy (non-hydrogen) atoms. The fourth-order valence-electron chi connectivity index (χ4n) is 3.46. The smallest absolute Gasteiger partial charge is 0.230 e. The number of hydrogen-bond acceptors (Lipinski definition) is 5. The summed E-state index contributed by atoms with van der Waals surface area (Å²) >= 11 is 1.40. The first kappa shape index (κ1) is 17.7. The fraction of sp³-hybridized carbons (Fsp3) is 0.300. The van der Waals surface area contributed by atoms with Crippen LogP contribution < -0.4 is 5.32 Å². The van der Waals surface area contributed by atoms with Gasteiger partial charge in [-0.2, -0.15) is 0 Å². The van der Waals surface area contributed by atoms with Crippen molar-refractivity contribution in [2.75, 3.05) is 5.75 Å². The van der Waals surface area contributed by atoms with Gasteiger partial charge in [-0.05, 0) is 42.5 Å². The van der Waals surface area contributed by atoms with Gasteiger partial charge in [-0.3, -0.25) is 9.78 Å². The molecule has 7 heteroatoms. The largest absolute Gasteiger partial charge is 0.349 e. The highest BCUT2D eigenvalue weighted by molar-refractivity contribution is 7.99. The summed E-state index contributed by atoms with van der Waals surface area (Å²) in [4.78, 5) is 16.5. The Labute approximate surface area is 162 Å². The molecule has 4 rings (SSSR count). The van der Waals surface area contributed by atoms with Crippen LogP contribution >= 0.6 is 11.8 Å². The van der Waals surface area contributed by atoms with Gasteiger partial charge in [0.05, 0.1) is 11.8 Å². The first-order valence-electron chi connectivity index (χ1n) is 9.02. The van der Waals surface area contributed by atoms with Crippen molar-refractivity contribution in [3.8, 4) is 11.4 Å². The summed E-state index contributed by atoms with van der Waals surface area (Å²) in [5.41, 5.74) is 3.55. The number of benzene rings is 1. The summed E-state index contributed by atoms with van der Waals surface area (Å²) in [6, 6.07) is 12.3. The van der Waals surface area contributed by atoms with Gasteiger partial charge in [-0.15, -0.1) is 10.2 Å². The second-order valence-electron chi connectivity index (χ2n) is 6.60. The monoisotopic (exact) mass is 379 g/mol. The normalized spacial score (nSPS) is 16.0. The van der Waals surface area contributed by atoms with Crippen LogP contribution in [0, 0.1) is 0 Å². The third-order valence-electron chi connectivity index (χ3n) is 4.81. The molecule has 3 aromatic rings. The molecular weight excluding hydrogens is 358 g/mol. The molecule has 1 aromatic carbocycles. The highest BCUT2D eigenvalue weighted by atomic mass is 32.2. The van der Waals surface area contributed by atoms with Crippen molar-refractivity contribution < 1.29 is 4.79 Å². The van der Waals surface area contributed by atoms with E-state index in [1.54, 1.807) is 12.4 Å². The minimum Gasteiger partial charge on any atom is -0.349 e. The highest BCUT2D eigenvalue weighted by Crippen LogP contribution is 2.29. The van der Waals surface area contributed by atoms with Gasteiger partial charge in [-0.25, -0.2) is 0 Å². The summed E-state index contributed by atoms with van der Waals surface area (Å²) in [5, 5.41) is 12.4. The lowest BCUT2D eigenvalue weighted by molar-refractivity contribution is -0.119. The molecule has 0 fully saturated rings. The van der Waals surface area contributed by atoms with Crippen molar-refractivity contribution in [3.05, 3.63) is 59.9 Å². The number of nitrogens with zero attached hydrogens (tertiary/aromatic N) is 4. The number of carbonyl (C=O) groups is 1. The second kappa shape index (κ2) is 7.92. The number of fused-ring (bicyclic) bond motifs is 1. The maximum absolute atomic E-state index is 12.5. The average molecular weight is 379 g/mol. The van der Waals surface area contributed by atoms with Gasteiger partial charge in [0.15, 0.2) is 11.0 Å². The van der Waals surface area contributed by atoms with Gasteiger partial charge < -0.3 is 9.88 Å². The molecule has 1 aliphatic carbocycles. The molecule has 0 radical (unpaired) electrons. The topological polar surface area (TPSA) is 72.7 Å². The molecule has 0 saturated carbocycles. The first-order chi connectivity index (χ1) is 13.2. The number of amides is 1. The maximum atomic E-state index is 12.5. The quantitative estimate of drug-likeness (QED) is 0.690. The van der Waals surface area contributed by atoms with Crippen molar-refractivity contribution in [1.82, 2.24) is 25.1 Å². The summed E-state index contributed by atoms with van der Waals surface area (Å²) < 4.78 is 1.91. The molecule has 1 N–H and O–H groups in total. The minimum atomic E-state index is 0.0233. The molecule has 2 aromatic heterocycles. The van der Waals surface area contributed by atoms with Crippen LogP contribution in [-0.4, -0.2) is 31.4 Å². The molecular formula is C20H21N5OS. The first-order valence-corrected chi connectivity index (χ1v) is 10.0. The third-order valence-corrected chi connectivity index (χ3v) is 5.83. The van der Waals surface area contributed by atoms with Crippen LogP contribution in [0.4, 0.5) is 0 Å². The number of aryl methyl sites for hydroxylation is 1. The summed E-state index contributed by atoms with van der Waals surface area (Å²) in [7, 11) is 1.91. The van der Waals surface area contributed by atoms with E-state index in [2.05, 4.69) is 38.7 Å². The molecule has 1 atom stereocenters. The fourth-order valence-corrected chi connectivity index (χ4v) is 4.19. The van der Waals surface area contributed by atoms with E-state index in [0.29, 0.717) is 5.75 Å². The Morgan fingerprint density at radius 2 is 2.04 bits per heavy atom. The number of pyridine rings is 1. The SMILES string of the molecule is Cn1c(SCC(=O)N[C@@H]2CCCc3ccccc32)nnc1-c1ccncc1. The molecule has 0 unspecified atom stereocenters. The van der Waals surface area contributed by atoms with Gasteiger partial charge in [0.25, 0.3) is 0 Å². The number of thioether (sulfide) groups is 1. The predicted octanol–water partition coefficient (Wildman–Crippen LogP) is 3.16. The molecule has 1 aliphatic rings. The van der Waals surface area contributed by atoms with Crippen LogP contribution in [0.1, 0.15) is 30.0 Å². The van der Waals surface area contributed by atoms with Crippen LogP contribution in [0.3, 0.4) is 0 Å². The number of rotatable bonds is 5. The van der Waals surface area contributed by atoms with Crippen LogP contribution in [0.2, 0.25) is 0 Å². The van der Waals surface area contributed by atoms with Crippen LogP contribution in [0.25, 0.3) is 11.4 Å². The van der Waals surface area contributed by atoms with Crippen molar-refractivity contribution in [2.24, 2.45) is 7.05 Å². The molecule has 0 bridgehead atoms. The molecule has 2 heterocycles. The lowest BCUT2D eigenvalue weighted by Crippen LogP contribution is -2.32. The summed E-state index contributed by atoms with van der Waals surface area (Å²) in [6.07, 6.45) is 6.64. The Bertz CT molecular complexity index is 941. The molecule has 1 amide bonds. The number of carbonyl (C=O) groups excluding carboxylic acids is 1. The Balaban J connectivity index is 1.39. The van der Waals surface area contributed by atoms with Crippen molar-refractivity contribution in [1.29, 1.82) is 0 Å². The van der Waals surface area contributed by atoms with E-state index in [1.807, 2.05) is 29.8 Å². The molecule has 0 spiro atoms. The maximum Gasteiger partial charge on any atom is 0.230 e. The number of nitrogens with one attached hydrogen (secondary N) is 1. The van der Waals surface area contributed by atoms with Crippen LogP contribution in [-0.2, 0) is 18.3 Å². The van der Waals surface area contributed by atoms with Gasteiger partial charge >= 0.3 is 0 Å². The van der Waals surface area contributed by atoms with E-state index in [0.717, 1.165) is 35.8 Å². The van der Waals surface area contributed by atoms with Gasteiger partial charge in [0, 0.05) is 25.0 Å². The number of aromatic nitrogens is 4. The molecule has 0 aliphatic heterocycles. The van der Waals surface area contributed by atoms with Crippen molar-refractivity contribution in [2.45, 2.75) is 30.5 Å². The Hall–Kier alpha value is -2.67. The standard InChI is InChI=1S/C20H21N5OS/c1-25-19(15-9-11-21-12-10-15)23-24-20(25)27-13-18(26)22-17-8-4-6-14-5-2-3-7-16(14)17/h2-3,5,7,9-12,17H,4,6,8,13H2,1H3,(H,22,26)/t17-/m1/s1. The zero-order chi connectivity index (χ0) is 18.6. The lowest BCUT2D eigenvalue weighted by atomic mass is 9.88. The van der Waals surface area contributed by atoms with Gasteiger partial charge in [-0.1, -0.05) is 36.0 Å². The zero-order valence-electron chi connectivity index (χ0n) is 15.1. The average Bonchev–Trinajstić information content (AvgIpc) is 3.08. The Kier molecular flexibility index (Phi) is 5.20. The Morgan fingerprint density at radius 1 is 1.22 bits per heavy atom. The van der Waals surface area contributed by atoms with Crippen LogP contribution in [0.15, 0.2) is 53.9 Å². The summed E-state index contributed by atoms with van der Waals surface area (Å²) in [6.45, 7) is 0. The summed E-state index contributed by atoms with van der Waals surface area (Å²) in [5.74, 6) is 1.11. The third kappa shape index (κ3) is 3.88. The molecule has 0 saturated heterocycles. The van der Waals surface area contributed by atoms with E-state index in [9.17, 15) is 4.79 Å². The van der Waals surface area contributed by atoms with E-state index < -0.39 is 0 Å². The van der Waals surface area contributed by atoms with Gasteiger partial charge in [0.2, 0.25) is 5.91 Å². The van der Waals surface area contributed by atoms with E-state index >= 15 is 0 Å². The predicted molar refractivity (Wildman–Crippen MR) is 105 cm³/mol. The molecule has 138 valence electrons. The van der Waals surface area contributed by atoms with Crippen molar-refractivity contribution >= 4 is 17.7 Å².